The van der Waals surface area contributed by atoms with Crippen LogP contribution in [0.15, 0.2) is 29.3 Å². The Morgan fingerprint density at radius 1 is 1.25 bits per heavy atom. The summed E-state index contributed by atoms with van der Waals surface area (Å²) in [7, 11) is 1.90. The van der Waals surface area contributed by atoms with Crippen molar-refractivity contribution in [3.8, 4) is 0 Å². The van der Waals surface area contributed by atoms with Crippen LogP contribution in [0, 0.1) is 5.92 Å². The van der Waals surface area contributed by atoms with Crippen molar-refractivity contribution < 1.29 is 0 Å². The summed E-state index contributed by atoms with van der Waals surface area (Å²) in [5.41, 5.74) is 2.93. The summed E-state index contributed by atoms with van der Waals surface area (Å²) < 4.78 is 0. The van der Waals surface area contributed by atoms with Gasteiger partial charge in [0.25, 0.3) is 0 Å². The van der Waals surface area contributed by atoms with Crippen molar-refractivity contribution in [1.82, 2.24) is 15.1 Å². The number of halogens is 1. The van der Waals surface area contributed by atoms with Gasteiger partial charge in [0.2, 0.25) is 0 Å². The highest BCUT2D eigenvalue weighted by Crippen LogP contribution is 2.19. The van der Waals surface area contributed by atoms with Crippen LogP contribution in [0.5, 0.6) is 0 Å². The van der Waals surface area contributed by atoms with Gasteiger partial charge in [-0.3, -0.25) is 4.99 Å². The van der Waals surface area contributed by atoms with Gasteiger partial charge in [0, 0.05) is 33.2 Å². The van der Waals surface area contributed by atoms with E-state index in [1.165, 1.54) is 43.6 Å². The van der Waals surface area contributed by atoms with E-state index in [9.17, 15) is 0 Å². The molecule has 1 atom stereocenters. The molecule has 2 heterocycles. The quantitative estimate of drug-likeness (QED) is 0.444. The fraction of sp³-hybridized carbons (Fsp3) is 0.632. The molecule has 1 aromatic carbocycles. The summed E-state index contributed by atoms with van der Waals surface area (Å²) in [5.74, 6) is 1.81. The minimum Gasteiger partial charge on any atom is -0.356 e. The van der Waals surface area contributed by atoms with Crippen molar-refractivity contribution >= 4 is 29.9 Å². The first-order valence-corrected chi connectivity index (χ1v) is 9.05. The molecule has 1 unspecified atom stereocenters. The minimum atomic E-state index is 0. The fourth-order valence-corrected chi connectivity index (χ4v) is 3.85. The van der Waals surface area contributed by atoms with Gasteiger partial charge in [-0.15, -0.1) is 24.0 Å². The highest BCUT2D eigenvalue weighted by atomic mass is 127. The van der Waals surface area contributed by atoms with E-state index in [1.807, 2.05) is 7.05 Å². The summed E-state index contributed by atoms with van der Waals surface area (Å²) >= 11 is 0. The van der Waals surface area contributed by atoms with Gasteiger partial charge >= 0.3 is 0 Å². The van der Waals surface area contributed by atoms with Crippen molar-refractivity contribution in [2.45, 2.75) is 32.7 Å². The van der Waals surface area contributed by atoms with Crippen molar-refractivity contribution in [3.05, 3.63) is 35.4 Å². The number of rotatable bonds is 3. The van der Waals surface area contributed by atoms with Gasteiger partial charge in [-0.1, -0.05) is 31.2 Å². The predicted octanol–water partition coefficient (Wildman–Crippen LogP) is 2.97. The third-order valence-electron chi connectivity index (χ3n) is 5.24. The second-order valence-corrected chi connectivity index (χ2v) is 6.77. The van der Waals surface area contributed by atoms with E-state index in [0.29, 0.717) is 0 Å². The first kappa shape index (κ1) is 19.5. The number of hydrogen-bond acceptors (Lipinski definition) is 2. The van der Waals surface area contributed by atoms with Crippen molar-refractivity contribution in [2.24, 2.45) is 10.9 Å². The molecule has 1 N–H and O–H groups in total. The summed E-state index contributed by atoms with van der Waals surface area (Å²) in [6.07, 6.45) is 3.78. The van der Waals surface area contributed by atoms with Crippen LogP contribution in [-0.4, -0.2) is 55.5 Å². The molecule has 0 amide bonds. The number of nitrogens with one attached hydrogen (secondary N) is 1. The van der Waals surface area contributed by atoms with Crippen LogP contribution in [0.1, 0.15) is 30.9 Å². The van der Waals surface area contributed by atoms with E-state index in [0.717, 1.165) is 37.9 Å². The monoisotopic (exact) mass is 442 g/mol. The molecule has 0 spiro atoms. The van der Waals surface area contributed by atoms with Crippen molar-refractivity contribution in [1.29, 1.82) is 0 Å². The summed E-state index contributed by atoms with van der Waals surface area (Å²) in [6.45, 7) is 9.01. The minimum absolute atomic E-state index is 0. The normalized spacial score (nSPS) is 21.8. The summed E-state index contributed by atoms with van der Waals surface area (Å²) in [5, 5.41) is 3.63. The van der Waals surface area contributed by atoms with Crippen LogP contribution in [0.2, 0.25) is 0 Å². The van der Waals surface area contributed by atoms with Crippen LogP contribution in [0.25, 0.3) is 0 Å². The maximum absolute atomic E-state index is 4.53. The zero-order chi connectivity index (χ0) is 16.1. The van der Waals surface area contributed by atoms with Gasteiger partial charge in [-0.2, -0.15) is 0 Å². The Morgan fingerprint density at radius 2 is 2.04 bits per heavy atom. The van der Waals surface area contributed by atoms with Gasteiger partial charge < -0.3 is 15.1 Å². The zero-order valence-electron chi connectivity index (χ0n) is 15.0. The molecule has 3 rings (SSSR count). The fourth-order valence-electron chi connectivity index (χ4n) is 3.85. The number of benzene rings is 1. The number of hydrogen-bond donors (Lipinski definition) is 1. The first-order valence-electron chi connectivity index (χ1n) is 9.05. The Labute approximate surface area is 163 Å². The molecule has 24 heavy (non-hydrogen) atoms. The summed E-state index contributed by atoms with van der Waals surface area (Å²) in [6, 6.07) is 8.78. The van der Waals surface area contributed by atoms with Crippen molar-refractivity contribution in [3.63, 3.8) is 0 Å². The molecule has 134 valence electrons. The lowest BCUT2D eigenvalue weighted by Gasteiger charge is -2.35. The Kier molecular flexibility index (Phi) is 7.81. The predicted molar refractivity (Wildman–Crippen MR) is 112 cm³/mol. The molecule has 0 bridgehead atoms. The molecule has 1 saturated heterocycles. The third kappa shape index (κ3) is 4.85. The number of nitrogens with zero attached hydrogens (tertiary/aromatic N) is 3. The lowest BCUT2D eigenvalue weighted by atomic mass is 9.98. The number of fused-ring (bicyclic) bond motifs is 1. The SMILES string of the molecule is CCN1CCCC(CNC(=NC)N2CCc3ccccc3C2)C1.I. The van der Waals surface area contributed by atoms with E-state index >= 15 is 0 Å². The van der Waals surface area contributed by atoms with Gasteiger partial charge in [-0.05, 0) is 49.4 Å². The Morgan fingerprint density at radius 3 is 2.79 bits per heavy atom. The van der Waals surface area contributed by atoms with Gasteiger partial charge in [0.05, 0.1) is 0 Å². The average Bonchev–Trinajstić information content (AvgIpc) is 2.62. The number of piperidine rings is 1. The molecular formula is C19H31IN4. The first-order chi connectivity index (χ1) is 11.3. The lowest BCUT2D eigenvalue weighted by Crippen LogP contribution is -2.47. The topological polar surface area (TPSA) is 30.9 Å². The molecule has 0 aromatic heterocycles. The Balaban J connectivity index is 0.00000208. The highest BCUT2D eigenvalue weighted by molar-refractivity contribution is 14.0. The van der Waals surface area contributed by atoms with Crippen molar-refractivity contribution in [2.75, 3.05) is 39.8 Å². The van der Waals surface area contributed by atoms with Gasteiger partial charge in [0.15, 0.2) is 5.96 Å². The molecule has 0 saturated carbocycles. The Bertz CT molecular complexity index is 546. The molecule has 1 aromatic rings. The smallest absolute Gasteiger partial charge is 0.193 e. The highest BCUT2D eigenvalue weighted by Gasteiger charge is 2.22. The molecule has 0 radical (unpaired) electrons. The Hall–Kier alpha value is -0.820. The molecule has 1 fully saturated rings. The van der Waals surface area contributed by atoms with Gasteiger partial charge in [0.1, 0.15) is 0 Å². The second-order valence-electron chi connectivity index (χ2n) is 6.77. The standard InChI is InChI=1S/C19H30N4.HI/c1-3-22-11-6-7-16(14-22)13-21-19(20-2)23-12-10-17-8-4-5-9-18(17)15-23;/h4-5,8-9,16H,3,6-7,10-15H2,1-2H3,(H,20,21);1H. The van der Waals surface area contributed by atoms with Crippen LogP contribution in [-0.2, 0) is 13.0 Å². The van der Waals surface area contributed by atoms with Crippen LogP contribution in [0.4, 0.5) is 0 Å². The number of guanidine groups is 1. The van der Waals surface area contributed by atoms with Crippen LogP contribution in [0.3, 0.4) is 0 Å². The van der Waals surface area contributed by atoms with E-state index in [4.69, 9.17) is 0 Å². The third-order valence-corrected chi connectivity index (χ3v) is 5.24. The largest absolute Gasteiger partial charge is 0.356 e. The zero-order valence-corrected chi connectivity index (χ0v) is 17.3. The molecule has 4 nitrogen and oxygen atoms in total. The summed E-state index contributed by atoms with van der Waals surface area (Å²) in [4.78, 5) is 9.48. The average molecular weight is 442 g/mol. The van der Waals surface area contributed by atoms with E-state index in [2.05, 4.69) is 51.3 Å². The second kappa shape index (κ2) is 9.61. The van der Waals surface area contributed by atoms with Crippen LogP contribution < -0.4 is 5.32 Å². The maximum atomic E-state index is 4.53. The molecule has 2 aliphatic heterocycles. The number of aliphatic imine (C=N–C) groups is 1. The van der Waals surface area contributed by atoms with E-state index < -0.39 is 0 Å². The maximum Gasteiger partial charge on any atom is 0.193 e. The van der Waals surface area contributed by atoms with E-state index in [1.54, 1.807) is 0 Å². The molecule has 0 aliphatic carbocycles. The lowest BCUT2D eigenvalue weighted by molar-refractivity contribution is 0.182. The van der Waals surface area contributed by atoms with E-state index in [-0.39, 0.29) is 24.0 Å². The molecule has 2 aliphatic rings. The molecular weight excluding hydrogens is 411 g/mol. The van der Waals surface area contributed by atoms with Gasteiger partial charge in [-0.25, -0.2) is 0 Å². The van der Waals surface area contributed by atoms with Crippen LogP contribution >= 0.6 is 24.0 Å². The molecule has 5 heteroatoms. The number of likely N-dealkylation sites (tertiary alicyclic amines) is 1.